The van der Waals surface area contributed by atoms with Crippen molar-refractivity contribution in [1.82, 2.24) is 19.5 Å². The number of hydrogen-bond acceptors (Lipinski definition) is 4. The Morgan fingerprint density at radius 3 is 2.55 bits per heavy atom. The van der Waals surface area contributed by atoms with Crippen LogP contribution in [0.4, 0.5) is 4.39 Å². The van der Waals surface area contributed by atoms with E-state index in [0.29, 0.717) is 35.4 Å². The Balaban J connectivity index is 1.63. The zero-order chi connectivity index (χ0) is 22.0. The van der Waals surface area contributed by atoms with Crippen LogP contribution in [0.3, 0.4) is 0 Å². The van der Waals surface area contributed by atoms with Gasteiger partial charge in [-0.25, -0.2) is 4.39 Å². The fraction of sp³-hybridized carbons (Fsp3) is 0.208. The van der Waals surface area contributed by atoms with Crippen molar-refractivity contribution in [2.24, 2.45) is 0 Å². The highest BCUT2D eigenvalue weighted by Gasteiger charge is 2.14. The highest BCUT2D eigenvalue weighted by Crippen LogP contribution is 2.27. The van der Waals surface area contributed by atoms with E-state index in [1.165, 1.54) is 6.07 Å². The van der Waals surface area contributed by atoms with Crippen molar-refractivity contribution in [1.29, 1.82) is 0 Å². The van der Waals surface area contributed by atoms with Crippen LogP contribution < -0.4 is 4.74 Å². The maximum absolute atomic E-state index is 14.3. The quantitative estimate of drug-likeness (QED) is 0.474. The summed E-state index contributed by atoms with van der Waals surface area (Å²) < 4.78 is 21.5. The molecule has 0 atom stereocenters. The molecule has 0 aliphatic heterocycles. The number of carbonyl (C=O) groups excluding carboxylic acids is 1. The number of pyridine rings is 1. The monoisotopic (exact) mass is 418 g/mol. The van der Waals surface area contributed by atoms with Gasteiger partial charge in [0, 0.05) is 36.5 Å². The molecule has 2 aromatic heterocycles. The van der Waals surface area contributed by atoms with E-state index in [9.17, 15) is 9.18 Å². The molecule has 0 saturated carbocycles. The Labute approximate surface area is 179 Å². The summed E-state index contributed by atoms with van der Waals surface area (Å²) >= 11 is 0. The largest absolute Gasteiger partial charge is 0.496 e. The van der Waals surface area contributed by atoms with Gasteiger partial charge in [-0.15, -0.1) is 10.2 Å². The van der Waals surface area contributed by atoms with Crippen LogP contribution in [0.1, 0.15) is 21.6 Å². The van der Waals surface area contributed by atoms with Crippen LogP contribution in [-0.4, -0.2) is 46.6 Å². The van der Waals surface area contributed by atoms with Gasteiger partial charge >= 0.3 is 0 Å². The molecule has 0 saturated heterocycles. The number of rotatable bonds is 6. The minimum Gasteiger partial charge on any atom is -0.496 e. The normalized spacial score (nSPS) is 11.0. The summed E-state index contributed by atoms with van der Waals surface area (Å²) in [5, 5.41) is 8.36. The maximum atomic E-state index is 14.3. The first-order chi connectivity index (χ1) is 15.0. The third-order valence-corrected chi connectivity index (χ3v) is 5.32. The van der Waals surface area contributed by atoms with Crippen molar-refractivity contribution in [2.45, 2.75) is 12.8 Å². The number of carbonyl (C=O) groups is 1. The molecule has 2 aromatic carbocycles. The molecule has 1 amide bonds. The average molecular weight is 418 g/mol. The molecule has 0 radical (unpaired) electrons. The number of aromatic nitrogens is 3. The summed E-state index contributed by atoms with van der Waals surface area (Å²) in [5.41, 5.74) is 4.71. The fourth-order valence-corrected chi connectivity index (χ4v) is 3.67. The van der Waals surface area contributed by atoms with E-state index in [4.69, 9.17) is 4.74 Å². The van der Waals surface area contributed by atoms with E-state index in [1.807, 2.05) is 40.8 Å². The lowest BCUT2D eigenvalue weighted by Gasteiger charge is -2.12. The molecule has 0 fully saturated rings. The molecule has 158 valence electrons. The molecular weight excluding hydrogens is 395 g/mol. The van der Waals surface area contributed by atoms with Gasteiger partial charge in [-0.3, -0.25) is 9.20 Å². The van der Waals surface area contributed by atoms with E-state index in [0.717, 1.165) is 16.8 Å². The van der Waals surface area contributed by atoms with Gasteiger partial charge in [-0.2, -0.15) is 0 Å². The Hall–Kier alpha value is -3.74. The second-order valence-electron chi connectivity index (χ2n) is 7.46. The predicted molar refractivity (Wildman–Crippen MR) is 117 cm³/mol. The standard InChI is InChI=1S/C24H23FN4O2/c1-28(2)24(30)17-9-7-16(8-10-17)19-13-11-18(29-15-26-27-23(19)29)12-14-20-21(25)5-4-6-22(20)31-3/h4-11,13,15H,12,14H2,1-3H3. The molecule has 0 aliphatic rings. The Morgan fingerprint density at radius 1 is 1.06 bits per heavy atom. The highest BCUT2D eigenvalue weighted by molar-refractivity contribution is 5.94. The number of aryl methyl sites for hydroxylation is 1. The van der Waals surface area contributed by atoms with E-state index in [2.05, 4.69) is 10.2 Å². The summed E-state index contributed by atoms with van der Waals surface area (Å²) in [6, 6.07) is 16.3. The van der Waals surface area contributed by atoms with Gasteiger partial charge in [0.1, 0.15) is 17.9 Å². The number of amides is 1. The summed E-state index contributed by atoms with van der Waals surface area (Å²) in [6.07, 6.45) is 2.75. The molecule has 7 heteroatoms. The van der Waals surface area contributed by atoms with Crippen molar-refractivity contribution >= 4 is 11.6 Å². The van der Waals surface area contributed by atoms with E-state index < -0.39 is 0 Å². The first-order valence-corrected chi connectivity index (χ1v) is 9.94. The highest BCUT2D eigenvalue weighted by atomic mass is 19.1. The Kier molecular flexibility index (Phi) is 5.66. The molecule has 0 spiro atoms. The van der Waals surface area contributed by atoms with Crippen LogP contribution in [0.2, 0.25) is 0 Å². The summed E-state index contributed by atoms with van der Waals surface area (Å²) in [6.45, 7) is 0. The number of nitrogens with zero attached hydrogens (tertiary/aromatic N) is 4. The molecule has 31 heavy (non-hydrogen) atoms. The molecule has 6 nitrogen and oxygen atoms in total. The van der Waals surface area contributed by atoms with Gasteiger partial charge in [-0.1, -0.05) is 18.2 Å². The number of benzene rings is 2. The number of halogens is 1. The molecule has 4 rings (SSSR count). The van der Waals surface area contributed by atoms with Crippen molar-refractivity contribution in [2.75, 3.05) is 21.2 Å². The zero-order valence-electron chi connectivity index (χ0n) is 17.7. The first kappa shape index (κ1) is 20.5. The number of hydrogen-bond donors (Lipinski definition) is 0. The van der Waals surface area contributed by atoms with Crippen molar-refractivity contribution in [3.8, 4) is 16.9 Å². The van der Waals surface area contributed by atoms with Crippen LogP contribution in [0, 0.1) is 5.82 Å². The topological polar surface area (TPSA) is 59.7 Å². The average Bonchev–Trinajstić information content (AvgIpc) is 3.28. The van der Waals surface area contributed by atoms with E-state index in [1.54, 1.807) is 44.6 Å². The third kappa shape index (κ3) is 3.99. The predicted octanol–water partition coefficient (Wildman–Crippen LogP) is 4.03. The zero-order valence-corrected chi connectivity index (χ0v) is 17.7. The second-order valence-corrected chi connectivity index (χ2v) is 7.46. The van der Waals surface area contributed by atoms with Crippen molar-refractivity contribution in [3.05, 3.63) is 83.6 Å². The van der Waals surface area contributed by atoms with Crippen LogP contribution in [0.15, 0.2) is 60.9 Å². The van der Waals surface area contributed by atoms with Gasteiger partial charge in [0.25, 0.3) is 5.91 Å². The summed E-state index contributed by atoms with van der Waals surface area (Å²) in [7, 11) is 5.00. The molecule has 0 aliphatic carbocycles. The van der Waals surface area contributed by atoms with Crippen LogP contribution in [0.25, 0.3) is 16.8 Å². The number of ether oxygens (including phenoxy) is 1. The second kappa shape index (κ2) is 8.55. The Morgan fingerprint density at radius 2 is 1.84 bits per heavy atom. The van der Waals surface area contributed by atoms with Gasteiger partial charge < -0.3 is 9.64 Å². The van der Waals surface area contributed by atoms with Crippen LogP contribution in [0.5, 0.6) is 5.75 Å². The Bertz CT molecular complexity index is 1230. The van der Waals surface area contributed by atoms with Crippen molar-refractivity contribution < 1.29 is 13.9 Å². The lowest BCUT2D eigenvalue weighted by atomic mass is 10.0. The lowest BCUT2D eigenvalue weighted by Crippen LogP contribution is -2.21. The fourth-order valence-electron chi connectivity index (χ4n) is 3.67. The van der Waals surface area contributed by atoms with Gasteiger partial charge in [0.05, 0.1) is 7.11 Å². The lowest BCUT2D eigenvalue weighted by molar-refractivity contribution is 0.0827. The van der Waals surface area contributed by atoms with E-state index in [-0.39, 0.29) is 11.7 Å². The van der Waals surface area contributed by atoms with Gasteiger partial charge in [-0.05, 0) is 54.8 Å². The number of methoxy groups -OCH3 is 1. The minimum absolute atomic E-state index is 0.0434. The molecule has 4 aromatic rings. The molecule has 2 heterocycles. The number of fused-ring (bicyclic) bond motifs is 1. The summed E-state index contributed by atoms with van der Waals surface area (Å²) in [5.74, 6) is 0.227. The van der Waals surface area contributed by atoms with Gasteiger partial charge in [0.15, 0.2) is 5.65 Å². The van der Waals surface area contributed by atoms with Crippen molar-refractivity contribution in [3.63, 3.8) is 0 Å². The van der Waals surface area contributed by atoms with Crippen LogP contribution in [-0.2, 0) is 12.8 Å². The summed E-state index contributed by atoms with van der Waals surface area (Å²) in [4.78, 5) is 13.7. The SMILES string of the molecule is COc1cccc(F)c1CCc1ccc(-c2ccc(C(=O)N(C)C)cc2)c2nncn12. The molecule has 0 unspecified atom stereocenters. The smallest absolute Gasteiger partial charge is 0.253 e. The molecular formula is C24H23FN4O2. The molecule has 0 bridgehead atoms. The maximum Gasteiger partial charge on any atom is 0.253 e. The molecule has 0 N–H and O–H groups in total. The first-order valence-electron chi connectivity index (χ1n) is 9.94. The van der Waals surface area contributed by atoms with E-state index >= 15 is 0 Å². The van der Waals surface area contributed by atoms with Gasteiger partial charge in [0.2, 0.25) is 0 Å². The minimum atomic E-state index is -0.275. The third-order valence-electron chi connectivity index (χ3n) is 5.32. The van der Waals surface area contributed by atoms with Crippen LogP contribution >= 0.6 is 0 Å².